The molecule has 1 N–H and O–H groups in total. The summed E-state index contributed by atoms with van der Waals surface area (Å²) >= 11 is 0. The lowest BCUT2D eigenvalue weighted by Crippen LogP contribution is -2.46. The van der Waals surface area contributed by atoms with Crippen LogP contribution in [0.15, 0.2) is 48.5 Å². The van der Waals surface area contributed by atoms with Crippen LogP contribution in [-0.2, 0) is 4.74 Å². The summed E-state index contributed by atoms with van der Waals surface area (Å²) in [4.78, 5) is 14.0. The first-order valence-electron chi connectivity index (χ1n) is 8.09. The highest BCUT2D eigenvalue weighted by molar-refractivity contribution is 5.89. The van der Waals surface area contributed by atoms with Crippen molar-refractivity contribution in [3.63, 3.8) is 0 Å². The second-order valence-corrected chi connectivity index (χ2v) is 5.82. The Kier molecular flexibility index (Phi) is 5.17. The smallest absolute Gasteiger partial charge is 0.322 e. The monoisotopic (exact) mass is 337 g/mol. The number of carbonyl (C=O) groups is 1. The fourth-order valence-corrected chi connectivity index (χ4v) is 2.55. The van der Waals surface area contributed by atoms with Crippen LogP contribution in [-0.4, -0.2) is 36.7 Å². The quantitative estimate of drug-likeness (QED) is 0.928. The number of hydrogen-bond acceptors (Lipinski definition) is 4. The van der Waals surface area contributed by atoms with Crippen LogP contribution in [0.4, 0.5) is 10.5 Å². The molecule has 25 heavy (non-hydrogen) atoms. The summed E-state index contributed by atoms with van der Waals surface area (Å²) in [6.07, 6.45) is 0.0581. The molecule has 6 heteroatoms. The van der Waals surface area contributed by atoms with E-state index in [0.717, 1.165) is 0 Å². The van der Waals surface area contributed by atoms with Crippen molar-refractivity contribution in [2.45, 2.75) is 13.0 Å². The largest absolute Gasteiger partial charge is 0.457 e. The van der Waals surface area contributed by atoms with Gasteiger partial charge in [0, 0.05) is 18.8 Å². The number of carbonyl (C=O) groups excluding carboxylic acids is 1. The normalized spacial score (nSPS) is 16.8. The Bertz CT molecular complexity index is 766. The summed E-state index contributed by atoms with van der Waals surface area (Å²) in [7, 11) is 0. The van der Waals surface area contributed by atoms with Gasteiger partial charge in [0.05, 0.1) is 24.3 Å². The van der Waals surface area contributed by atoms with Gasteiger partial charge in [0.15, 0.2) is 0 Å². The standard InChI is InChI=1S/C19H19N3O3/c1-14-13-22(10-11-24-14)19(23)21-16-4-8-18(9-5-16)25-17-6-2-15(12-20)3-7-17/h2-9,14H,10-11,13H2,1H3,(H,21,23)/t14-/m0/s1. The van der Waals surface area contributed by atoms with E-state index in [1.54, 1.807) is 53.4 Å². The topological polar surface area (TPSA) is 74.6 Å². The minimum Gasteiger partial charge on any atom is -0.457 e. The maximum atomic E-state index is 12.3. The lowest BCUT2D eigenvalue weighted by atomic mass is 10.2. The third-order valence-corrected chi connectivity index (χ3v) is 3.85. The molecule has 0 aromatic heterocycles. The van der Waals surface area contributed by atoms with E-state index in [1.807, 2.05) is 6.92 Å². The summed E-state index contributed by atoms with van der Waals surface area (Å²) in [5, 5.41) is 11.7. The number of anilines is 1. The van der Waals surface area contributed by atoms with Crippen LogP contribution < -0.4 is 10.1 Å². The molecule has 1 aliphatic rings. The number of nitriles is 1. The lowest BCUT2D eigenvalue weighted by molar-refractivity contribution is -0.00138. The first-order valence-corrected chi connectivity index (χ1v) is 8.09. The number of amides is 2. The third-order valence-electron chi connectivity index (χ3n) is 3.85. The second-order valence-electron chi connectivity index (χ2n) is 5.82. The summed E-state index contributed by atoms with van der Waals surface area (Å²) in [5.74, 6) is 1.31. The molecule has 128 valence electrons. The summed E-state index contributed by atoms with van der Waals surface area (Å²) < 4.78 is 11.2. The van der Waals surface area contributed by atoms with Crippen LogP contribution in [0.1, 0.15) is 12.5 Å². The highest BCUT2D eigenvalue weighted by Gasteiger charge is 2.21. The van der Waals surface area contributed by atoms with Crippen molar-refractivity contribution in [1.82, 2.24) is 4.90 Å². The Morgan fingerprint density at radius 1 is 1.20 bits per heavy atom. The Hall–Kier alpha value is -3.04. The minimum absolute atomic E-state index is 0.0581. The van der Waals surface area contributed by atoms with Gasteiger partial charge in [-0.2, -0.15) is 5.26 Å². The van der Waals surface area contributed by atoms with Crippen LogP contribution in [0.2, 0.25) is 0 Å². The molecule has 0 unspecified atom stereocenters. The van der Waals surface area contributed by atoms with E-state index in [2.05, 4.69) is 11.4 Å². The van der Waals surface area contributed by atoms with Gasteiger partial charge in [-0.1, -0.05) is 0 Å². The number of morpholine rings is 1. The zero-order valence-electron chi connectivity index (χ0n) is 13.9. The molecule has 1 heterocycles. The molecule has 0 aliphatic carbocycles. The van der Waals surface area contributed by atoms with Gasteiger partial charge in [0.1, 0.15) is 11.5 Å². The molecule has 1 saturated heterocycles. The van der Waals surface area contributed by atoms with Crippen molar-refractivity contribution >= 4 is 11.7 Å². The Balaban J connectivity index is 1.58. The Morgan fingerprint density at radius 3 is 2.44 bits per heavy atom. The molecule has 0 bridgehead atoms. The number of rotatable bonds is 3. The zero-order valence-corrected chi connectivity index (χ0v) is 13.9. The maximum Gasteiger partial charge on any atom is 0.322 e. The number of nitrogens with zero attached hydrogens (tertiary/aromatic N) is 2. The fraction of sp³-hybridized carbons (Fsp3) is 0.263. The van der Waals surface area contributed by atoms with Crippen LogP contribution in [0.25, 0.3) is 0 Å². The molecule has 3 rings (SSSR count). The van der Waals surface area contributed by atoms with E-state index < -0.39 is 0 Å². The van der Waals surface area contributed by atoms with Gasteiger partial charge in [-0.25, -0.2) is 4.79 Å². The summed E-state index contributed by atoms with van der Waals surface area (Å²) in [6.45, 7) is 3.70. The highest BCUT2D eigenvalue weighted by Crippen LogP contribution is 2.23. The predicted octanol–water partition coefficient (Wildman–Crippen LogP) is 3.60. The molecular formula is C19H19N3O3. The van der Waals surface area contributed by atoms with E-state index in [4.69, 9.17) is 14.7 Å². The van der Waals surface area contributed by atoms with E-state index >= 15 is 0 Å². The van der Waals surface area contributed by atoms with E-state index in [0.29, 0.717) is 42.4 Å². The van der Waals surface area contributed by atoms with E-state index in [1.165, 1.54) is 0 Å². The molecule has 2 amide bonds. The first-order chi connectivity index (χ1) is 12.1. The number of hydrogen-bond donors (Lipinski definition) is 1. The van der Waals surface area contributed by atoms with Gasteiger partial charge >= 0.3 is 6.03 Å². The zero-order chi connectivity index (χ0) is 17.6. The first kappa shape index (κ1) is 16.8. The second kappa shape index (κ2) is 7.69. The molecule has 2 aromatic rings. The van der Waals surface area contributed by atoms with Crippen LogP contribution >= 0.6 is 0 Å². The van der Waals surface area contributed by atoms with Gasteiger partial charge in [0.2, 0.25) is 0 Å². The average Bonchev–Trinajstić information content (AvgIpc) is 2.64. The van der Waals surface area contributed by atoms with Gasteiger partial charge < -0.3 is 19.7 Å². The molecular weight excluding hydrogens is 318 g/mol. The van der Waals surface area contributed by atoms with Crippen molar-refractivity contribution in [3.8, 4) is 17.6 Å². The van der Waals surface area contributed by atoms with Crippen LogP contribution in [0.5, 0.6) is 11.5 Å². The lowest BCUT2D eigenvalue weighted by Gasteiger charge is -2.31. The number of ether oxygens (including phenoxy) is 2. The van der Waals surface area contributed by atoms with Crippen LogP contribution in [0.3, 0.4) is 0 Å². The molecule has 6 nitrogen and oxygen atoms in total. The van der Waals surface area contributed by atoms with Gasteiger partial charge in [-0.15, -0.1) is 0 Å². The van der Waals surface area contributed by atoms with Gasteiger partial charge in [0.25, 0.3) is 0 Å². The SMILES string of the molecule is C[C@H]1CN(C(=O)Nc2ccc(Oc3ccc(C#N)cc3)cc2)CCO1. The van der Waals surface area contributed by atoms with Crippen molar-refractivity contribution in [1.29, 1.82) is 5.26 Å². The molecule has 1 atom stereocenters. The predicted molar refractivity (Wildman–Crippen MR) is 93.7 cm³/mol. The van der Waals surface area contributed by atoms with E-state index in [9.17, 15) is 4.79 Å². The van der Waals surface area contributed by atoms with E-state index in [-0.39, 0.29) is 12.1 Å². The molecule has 1 aliphatic heterocycles. The third kappa shape index (κ3) is 4.49. The molecule has 0 spiro atoms. The summed E-state index contributed by atoms with van der Waals surface area (Å²) in [6, 6.07) is 16.0. The highest BCUT2D eigenvalue weighted by atomic mass is 16.5. The maximum absolute atomic E-state index is 12.3. The van der Waals surface area contributed by atoms with Gasteiger partial charge in [-0.3, -0.25) is 0 Å². The molecule has 1 fully saturated rings. The number of nitrogens with one attached hydrogen (secondary N) is 1. The minimum atomic E-state index is -0.129. The Morgan fingerprint density at radius 2 is 1.84 bits per heavy atom. The van der Waals surface area contributed by atoms with Crippen molar-refractivity contribution in [3.05, 3.63) is 54.1 Å². The average molecular weight is 337 g/mol. The molecule has 2 aromatic carbocycles. The van der Waals surface area contributed by atoms with Crippen molar-refractivity contribution in [2.24, 2.45) is 0 Å². The molecule has 0 saturated carbocycles. The van der Waals surface area contributed by atoms with Crippen LogP contribution in [0, 0.1) is 11.3 Å². The number of urea groups is 1. The number of benzene rings is 2. The fourth-order valence-electron chi connectivity index (χ4n) is 2.55. The Labute approximate surface area is 146 Å². The molecule has 0 radical (unpaired) electrons. The van der Waals surface area contributed by atoms with Crippen molar-refractivity contribution < 1.29 is 14.3 Å². The van der Waals surface area contributed by atoms with Gasteiger partial charge in [-0.05, 0) is 55.5 Å². The summed E-state index contributed by atoms with van der Waals surface area (Å²) in [5.41, 5.74) is 1.29. The van der Waals surface area contributed by atoms with Crippen molar-refractivity contribution in [2.75, 3.05) is 25.0 Å².